The third-order valence-electron chi connectivity index (χ3n) is 3.47. The van der Waals surface area contributed by atoms with Gasteiger partial charge in [0, 0.05) is 18.4 Å². The molecule has 2 aromatic heterocycles. The van der Waals surface area contributed by atoms with Crippen LogP contribution in [0.4, 0.5) is 5.00 Å². The Hall–Kier alpha value is -2.39. The fourth-order valence-corrected chi connectivity index (χ4v) is 4.12. The number of esters is 2. The van der Waals surface area contributed by atoms with E-state index < -0.39 is 11.9 Å². The summed E-state index contributed by atoms with van der Waals surface area (Å²) >= 11 is 2.47. The highest BCUT2D eigenvalue weighted by Crippen LogP contribution is 2.34. The summed E-state index contributed by atoms with van der Waals surface area (Å²) in [5.41, 5.74) is 0.611. The maximum Gasteiger partial charge on any atom is 0.348 e. The summed E-state index contributed by atoms with van der Waals surface area (Å²) < 4.78 is 9.79. The van der Waals surface area contributed by atoms with E-state index in [1.807, 2.05) is 18.2 Å². The van der Waals surface area contributed by atoms with Gasteiger partial charge in [0.15, 0.2) is 0 Å². The largest absolute Gasteiger partial charge is 0.465 e. The number of nitrogens with one attached hydrogen (secondary N) is 1. The summed E-state index contributed by atoms with van der Waals surface area (Å²) in [7, 11) is 1.25. The third-order valence-corrected chi connectivity index (χ3v) is 5.60. The standard InChI is InChI=1S/C18H20N2O5S2/c1-4-25-18(23)15-11(2)14(17(22)24-3)16(27-15)20-12(21)8-10-26-13-7-5-6-9-19-13/h5-7,9H,4,8,10H2,1-3H3,(H,20,21). The summed E-state index contributed by atoms with van der Waals surface area (Å²) in [5.74, 6) is -0.875. The molecular weight excluding hydrogens is 388 g/mol. The van der Waals surface area contributed by atoms with Gasteiger partial charge in [0.2, 0.25) is 5.91 Å². The predicted molar refractivity (Wildman–Crippen MR) is 105 cm³/mol. The molecule has 0 bridgehead atoms. The van der Waals surface area contributed by atoms with Gasteiger partial charge in [-0.05, 0) is 31.5 Å². The zero-order chi connectivity index (χ0) is 19.8. The average molecular weight is 409 g/mol. The second-order valence-corrected chi connectivity index (χ2v) is 7.42. The van der Waals surface area contributed by atoms with Crippen LogP contribution < -0.4 is 5.32 Å². The lowest BCUT2D eigenvalue weighted by atomic mass is 10.1. The second-order valence-electron chi connectivity index (χ2n) is 5.29. The van der Waals surface area contributed by atoms with E-state index in [9.17, 15) is 14.4 Å². The lowest BCUT2D eigenvalue weighted by Crippen LogP contribution is -2.14. The molecule has 0 aliphatic heterocycles. The molecule has 0 unspecified atom stereocenters. The minimum absolute atomic E-state index is 0.177. The van der Waals surface area contributed by atoms with Crippen LogP contribution in [0.3, 0.4) is 0 Å². The molecular formula is C18H20N2O5S2. The van der Waals surface area contributed by atoms with Crippen molar-refractivity contribution in [1.29, 1.82) is 0 Å². The highest BCUT2D eigenvalue weighted by atomic mass is 32.2. The molecule has 144 valence electrons. The number of anilines is 1. The van der Waals surface area contributed by atoms with E-state index in [0.29, 0.717) is 11.3 Å². The first kappa shape index (κ1) is 20.9. The lowest BCUT2D eigenvalue weighted by molar-refractivity contribution is -0.115. The van der Waals surface area contributed by atoms with Crippen LogP contribution in [0, 0.1) is 6.92 Å². The van der Waals surface area contributed by atoms with Gasteiger partial charge in [-0.2, -0.15) is 0 Å². The molecule has 2 rings (SSSR count). The number of hydrogen-bond donors (Lipinski definition) is 1. The SMILES string of the molecule is CCOC(=O)c1sc(NC(=O)CCSc2ccccn2)c(C(=O)OC)c1C. The first-order valence-corrected chi connectivity index (χ1v) is 10.0. The molecule has 0 fully saturated rings. The van der Waals surface area contributed by atoms with Gasteiger partial charge in [0.25, 0.3) is 0 Å². The van der Waals surface area contributed by atoms with Crippen LogP contribution in [-0.2, 0) is 14.3 Å². The number of thiophene rings is 1. The number of rotatable bonds is 8. The first-order chi connectivity index (χ1) is 13.0. The zero-order valence-electron chi connectivity index (χ0n) is 15.2. The summed E-state index contributed by atoms with van der Waals surface area (Å²) in [4.78, 5) is 40.9. The molecule has 0 aliphatic rings. The minimum atomic E-state index is -0.613. The van der Waals surface area contributed by atoms with Crippen molar-refractivity contribution in [2.75, 3.05) is 24.8 Å². The lowest BCUT2D eigenvalue weighted by Gasteiger charge is -2.06. The Balaban J connectivity index is 2.09. The average Bonchev–Trinajstić information content (AvgIpc) is 2.98. The number of thioether (sulfide) groups is 1. The van der Waals surface area contributed by atoms with Crippen molar-refractivity contribution in [3.05, 3.63) is 40.4 Å². The molecule has 0 atom stereocenters. The van der Waals surface area contributed by atoms with Gasteiger partial charge < -0.3 is 14.8 Å². The number of pyridine rings is 1. The van der Waals surface area contributed by atoms with E-state index in [0.717, 1.165) is 16.4 Å². The molecule has 1 N–H and O–H groups in total. The van der Waals surface area contributed by atoms with Gasteiger partial charge >= 0.3 is 11.9 Å². The van der Waals surface area contributed by atoms with E-state index in [2.05, 4.69) is 10.3 Å². The van der Waals surface area contributed by atoms with Crippen molar-refractivity contribution in [3.8, 4) is 0 Å². The molecule has 1 amide bonds. The molecule has 0 saturated carbocycles. The fourth-order valence-electron chi connectivity index (χ4n) is 2.21. The minimum Gasteiger partial charge on any atom is -0.465 e. The molecule has 27 heavy (non-hydrogen) atoms. The zero-order valence-corrected chi connectivity index (χ0v) is 16.9. The molecule has 9 heteroatoms. The van der Waals surface area contributed by atoms with E-state index in [4.69, 9.17) is 9.47 Å². The van der Waals surface area contributed by atoms with Gasteiger partial charge in [-0.3, -0.25) is 4.79 Å². The van der Waals surface area contributed by atoms with Crippen molar-refractivity contribution < 1.29 is 23.9 Å². The number of aromatic nitrogens is 1. The molecule has 2 aromatic rings. The smallest absolute Gasteiger partial charge is 0.348 e. The number of carbonyl (C=O) groups is 3. The van der Waals surface area contributed by atoms with E-state index >= 15 is 0 Å². The Morgan fingerprint density at radius 1 is 1.26 bits per heavy atom. The number of methoxy groups -OCH3 is 1. The number of amides is 1. The molecule has 0 saturated heterocycles. The maximum atomic E-state index is 12.3. The van der Waals surface area contributed by atoms with Crippen LogP contribution >= 0.6 is 23.1 Å². The van der Waals surface area contributed by atoms with E-state index in [1.54, 1.807) is 20.0 Å². The Kier molecular flexibility index (Phi) is 7.81. The summed E-state index contributed by atoms with van der Waals surface area (Å²) in [6.07, 6.45) is 1.92. The van der Waals surface area contributed by atoms with Crippen molar-refractivity contribution in [2.45, 2.75) is 25.3 Å². The van der Waals surface area contributed by atoms with Crippen LogP contribution in [0.25, 0.3) is 0 Å². The highest BCUT2D eigenvalue weighted by molar-refractivity contribution is 7.99. The van der Waals surface area contributed by atoms with Crippen molar-refractivity contribution in [1.82, 2.24) is 4.98 Å². The van der Waals surface area contributed by atoms with Crippen molar-refractivity contribution in [3.63, 3.8) is 0 Å². The number of hydrogen-bond acceptors (Lipinski definition) is 8. The molecule has 0 spiro atoms. The Bertz CT molecular complexity index is 821. The van der Waals surface area contributed by atoms with Crippen molar-refractivity contribution in [2.24, 2.45) is 0 Å². The van der Waals surface area contributed by atoms with Gasteiger partial charge in [-0.15, -0.1) is 23.1 Å². The summed E-state index contributed by atoms with van der Waals surface area (Å²) in [6.45, 7) is 3.54. The Morgan fingerprint density at radius 3 is 2.67 bits per heavy atom. The van der Waals surface area contributed by atoms with Crippen LogP contribution in [0.2, 0.25) is 0 Å². The number of carbonyl (C=O) groups excluding carboxylic acids is 3. The highest BCUT2D eigenvalue weighted by Gasteiger charge is 2.26. The van der Waals surface area contributed by atoms with Gasteiger partial charge in [0.05, 0.1) is 24.3 Å². The molecule has 0 aliphatic carbocycles. The van der Waals surface area contributed by atoms with Crippen LogP contribution in [0.1, 0.15) is 38.9 Å². The molecule has 2 heterocycles. The summed E-state index contributed by atoms with van der Waals surface area (Å²) in [5, 5.41) is 3.83. The number of ether oxygens (including phenoxy) is 2. The second kappa shape index (κ2) is 10.1. The van der Waals surface area contributed by atoms with Crippen LogP contribution in [0.15, 0.2) is 29.4 Å². The fraction of sp³-hybridized carbons (Fsp3) is 0.333. The number of nitrogens with zero attached hydrogens (tertiary/aromatic N) is 1. The Labute approximate surface area is 165 Å². The van der Waals surface area contributed by atoms with E-state index in [-0.39, 0.29) is 34.4 Å². The van der Waals surface area contributed by atoms with Gasteiger partial charge in [-0.1, -0.05) is 6.07 Å². The molecule has 0 aromatic carbocycles. The molecule has 0 radical (unpaired) electrons. The predicted octanol–water partition coefficient (Wildman–Crippen LogP) is 3.54. The van der Waals surface area contributed by atoms with Crippen LogP contribution in [-0.4, -0.2) is 42.3 Å². The van der Waals surface area contributed by atoms with Gasteiger partial charge in [-0.25, -0.2) is 14.6 Å². The summed E-state index contributed by atoms with van der Waals surface area (Å²) in [6, 6.07) is 5.57. The van der Waals surface area contributed by atoms with Crippen LogP contribution in [0.5, 0.6) is 0 Å². The normalized spacial score (nSPS) is 10.3. The quantitative estimate of drug-likeness (QED) is 0.527. The Morgan fingerprint density at radius 2 is 2.04 bits per heavy atom. The third kappa shape index (κ3) is 5.54. The van der Waals surface area contributed by atoms with Gasteiger partial charge in [0.1, 0.15) is 9.88 Å². The molecule has 7 nitrogen and oxygen atoms in total. The van der Waals surface area contributed by atoms with Crippen molar-refractivity contribution >= 4 is 45.9 Å². The maximum absolute atomic E-state index is 12.3. The monoisotopic (exact) mass is 408 g/mol. The first-order valence-electron chi connectivity index (χ1n) is 8.20. The van der Waals surface area contributed by atoms with E-state index in [1.165, 1.54) is 18.9 Å². The topological polar surface area (TPSA) is 94.6 Å².